The van der Waals surface area contributed by atoms with Crippen LogP contribution in [0.5, 0.6) is 0 Å². The number of carbonyl (C=O) groups excluding carboxylic acids is 1. The second kappa shape index (κ2) is 8.73. The van der Waals surface area contributed by atoms with Gasteiger partial charge in [-0.3, -0.25) is 0 Å². The second-order valence-electron chi connectivity index (χ2n) is 17.0. The van der Waals surface area contributed by atoms with Crippen LogP contribution in [0.3, 0.4) is 0 Å². The Labute approximate surface area is 233 Å². The Morgan fingerprint density at radius 3 is 2.16 bits per heavy atom. The summed E-state index contributed by atoms with van der Waals surface area (Å²) in [5.41, 5.74) is 1.79. The Hall–Kier alpha value is -1.03. The minimum absolute atomic E-state index is 0.00406. The number of fused-ring (bicyclic) bond motifs is 7. The van der Waals surface area contributed by atoms with Crippen LogP contribution in [0.25, 0.3) is 0 Å². The molecule has 4 nitrogen and oxygen atoms in total. The second-order valence-corrected chi connectivity index (χ2v) is 17.0. The first-order chi connectivity index (χ1) is 17.4. The van der Waals surface area contributed by atoms with Gasteiger partial charge in [-0.15, -0.1) is 0 Å². The smallest absolute Gasteiger partial charge is 0.315 e. The average molecular weight is 527 g/mol. The molecule has 0 spiro atoms. The Morgan fingerprint density at radius 1 is 0.842 bits per heavy atom. The van der Waals surface area contributed by atoms with Gasteiger partial charge in [-0.1, -0.05) is 46.8 Å². The van der Waals surface area contributed by atoms with E-state index in [1.807, 2.05) is 0 Å². The van der Waals surface area contributed by atoms with Crippen LogP contribution in [0, 0.1) is 51.2 Å². The average Bonchev–Trinajstić information content (AvgIpc) is 3.15. The molecule has 0 radical (unpaired) electrons. The van der Waals surface area contributed by atoms with Crippen molar-refractivity contribution in [2.45, 2.75) is 144 Å². The highest BCUT2D eigenvalue weighted by atomic mass is 16.3. The maximum atomic E-state index is 13.3. The molecule has 0 heterocycles. The molecular formula is C34H58N2O2. The number of rotatable bonds is 2. The van der Waals surface area contributed by atoms with Crippen molar-refractivity contribution in [3.8, 4) is 0 Å². The molecule has 5 aliphatic carbocycles. The SMILES string of the molecule is C=C(C)[C@@H]1CC[C@]2(NC(=O)NC(C)(C)C)CC[C@]3(C)[C@H](CC[C@@H]4[C@@]5(C)CC[C@H](O)C(C)(C)[C@@H]5CC[C@]43C)[C@@H]12. The summed E-state index contributed by atoms with van der Waals surface area (Å²) >= 11 is 0. The van der Waals surface area contributed by atoms with Crippen molar-refractivity contribution in [3.63, 3.8) is 0 Å². The molecule has 0 aromatic heterocycles. The summed E-state index contributed by atoms with van der Waals surface area (Å²) in [5.74, 6) is 2.87. The number of aliphatic hydroxyl groups excluding tert-OH is 1. The van der Waals surface area contributed by atoms with Crippen LogP contribution in [0.1, 0.15) is 127 Å². The molecule has 2 amide bonds. The molecule has 5 aliphatic rings. The Bertz CT molecular complexity index is 981. The fraction of sp³-hybridized carbons (Fsp3) is 0.912. The van der Waals surface area contributed by atoms with E-state index in [0.717, 1.165) is 25.7 Å². The van der Waals surface area contributed by atoms with Gasteiger partial charge in [-0.2, -0.15) is 0 Å². The van der Waals surface area contributed by atoms with E-state index >= 15 is 0 Å². The van der Waals surface area contributed by atoms with Gasteiger partial charge in [-0.25, -0.2) is 4.79 Å². The lowest BCUT2D eigenvalue weighted by atomic mass is 9.32. The van der Waals surface area contributed by atoms with Gasteiger partial charge >= 0.3 is 6.03 Å². The quantitative estimate of drug-likeness (QED) is 0.321. The summed E-state index contributed by atoms with van der Waals surface area (Å²) in [7, 11) is 0. The number of nitrogens with one attached hydrogen (secondary N) is 2. The monoisotopic (exact) mass is 526 g/mol. The van der Waals surface area contributed by atoms with Gasteiger partial charge in [0.25, 0.3) is 0 Å². The minimum atomic E-state index is -0.243. The van der Waals surface area contributed by atoms with Crippen LogP contribution in [0.15, 0.2) is 12.2 Å². The van der Waals surface area contributed by atoms with Crippen molar-refractivity contribution >= 4 is 6.03 Å². The summed E-state index contributed by atoms with van der Waals surface area (Å²) in [6, 6.07) is 0.00406. The van der Waals surface area contributed by atoms with E-state index in [1.165, 1.54) is 44.1 Å². The first-order valence-electron chi connectivity index (χ1n) is 15.9. The molecule has 5 rings (SSSR count). The van der Waals surface area contributed by atoms with E-state index in [4.69, 9.17) is 0 Å². The number of amides is 2. The van der Waals surface area contributed by atoms with E-state index < -0.39 is 0 Å². The molecule has 10 atom stereocenters. The summed E-state index contributed by atoms with van der Waals surface area (Å²) in [5, 5.41) is 17.8. The molecular weight excluding hydrogens is 468 g/mol. The normalized spacial score (nSPS) is 49.6. The maximum absolute atomic E-state index is 13.3. The molecule has 0 aromatic carbocycles. The Balaban J connectivity index is 1.51. The lowest BCUT2D eigenvalue weighted by Gasteiger charge is -2.73. The molecule has 216 valence electrons. The fourth-order valence-corrected chi connectivity index (χ4v) is 12.0. The number of carbonyl (C=O) groups is 1. The Kier molecular flexibility index (Phi) is 6.55. The largest absolute Gasteiger partial charge is 0.393 e. The summed E-state index contributed by atoms with van der Waals surface area (Å²) in [6.45, 7) is 25.5. The standard InChI is InChI=1S/C34H58N2O2/c1-21(2)22-13-18-34(36-28(38)35-29(3,4)5)20-19-32(9)23(27(22)34)11-12-25-31(8)16-15-26(37)30(6,7)24(31)14-17-33(25,32)10/h22-27,37H,1,11-20H2,2-10H3,(H2,35,36,38)/t22-,23+,24-,25+,26-,27+,31-,32+,33+,34-/m0/s1. The zero-order valence-electron chi connectivity index (χ0n) is 26.1. The van der Waals surface area contributed by atoms with E-state index in [1.54, 1.807) is 0 Å². The van der Waals surface area contributed by atoms with E-state index in [2.05, 4.69) is 79.5 Å². The van der Waals surface area contributed by atoms with E-state index in [9.17, 15) is 9.90 Å². The van der Waals surface area contributed by atoms with Crippen LogP contribution in [0.2, 0.25) is 0 Å². The van der Waals surface area contributed by atoms with Crippen molar-refractivity contribution in [1.82, 2.24) is 10.6 Å². The van der Waals surface area contributed by atoms with Crippen LogP contribution in [-0.4, -0.2) is 28.3 Å². The van der Waals surface area contributed by atoms with Gasteiger partial charge in [0.05, 0.1) is 6.10 Å². The summed E-state index contributed by atoms with van der Waals surface area (Å²) in [6.07, 6.45) is 11.5. The number of hydrogen-bond acceptors (Lipinski definition) is 2. The first kappa shape index (κ1) is 28.5. The van der Waals surface area contributed by atoms with Crippen LogP contribution in [0.4, 0.5) is 4.79 Å². The molecule has 5 fully saturated rings. The van der Waals surface area contributed by atoms with Gasteiger partial charge < -0.3 is 15.7 Å². The van der Waals surface area contributed by atoms with Crippen molar-refractivity contribution in [3.05, 3.63) is 12.2 Å². The number of aliphatic hydroxyl groups is 1. The number of allylic oxidation sites excluding steroid dienone is 1. The number of urea groups is 1. The molecule has 5 saturated carbocycles. The zero-order valence-corrected chi connectivity index (χ0v) is 26.1. The van der Waals surface area contributed by atoms with Crippen molar-refractivity contribution < 1.29 is 9.90 Å². The molecule has 4 heteroatoms. The zero-order chi connectivity index (χ0) is 28.1. The Morgan fingerprint density at radius 2 is 1.53 bits per heavy atom. The molecule has 3 N–H and O–H groups in total. The van der Waals surface area contributed by atoms with Gasteiger partial charge in [0.1, 0.15) is 0 Å². The van der Waals surface area contributed by atoms with Crippen molar-refractivity contribution in [2.75, 3.05) is 0 Å². The molecule has 0 saturated heterocycles. The third kappa shape index (κ3) is 3.88. The van der Waals surface area contributed by atoms with Crippen molar-refractivity contribution in [2.24, 2.45) is 51.2 Å². The predicted octanol–water partition coefficient (Wildman–Crippen LogP) is 7.86. The number of hydrogen-bond donors (Lipinski definition) is 3. The highest BCUT2D eigenvalue weighted by Gasteiger charge is 2.71. The van der Waals surface area contributed by atoms with Gasteiger partial charge in [0.2, 0.25) is 0 Å². The molecule has 38 heavy (non-hydrogen) atoms. The molecule has 0 bridgehead atoms. The summed E-state index contributed by atoms with van der Waals surface area (Å²) < 4.78 is 0. The topological polar surface area (TPSA) is 61.4 Å². The minimum Gasteiger partial charge on any atom is -0.393 e. The van der Waals surface area contributed by atoms with Gasteiger partial charge in [0.15, 0.2) is 0 Å². The van der Waals surface area contributed by atoms with Crippen LogP contribution in [-0.2, 0) is 0 Å². The predicted molar refractivity (Wildman–Crippen MR) is 157 cm³/mol. The molecule has 0 aromatic rings. The summed E-state index contributed by atoms with van der Waals surface area (Å²) in [4.78, 5) is 13.3. The van der Waals surface area contributed by atoms with Gasteiger partial charge in [0, 0.05) is 11.1 Å². The van der Waals surface area contributed by atoms with Crippen LogP contribution >= 0.6 is 0 Å². The van der Waals surface area contributed by atoms with Gasteiger partial charge in [-0.05, 0) is 143 Å². The van der Waals surface area contributed by atoms with Crippen molar-refractivity contribution in [1.29, 1.82) is 0 Å². The molecule has 0 aliphatic heterocycles. The maximum Gasteiger partial charge on any atom is 0.315 e. The third-order valence-electron chi connectivity index (χ3n) is 13.9. The lowest BCUT2D eigenvalue weighted by molar-refractivity contribution is -0.243. The van der Waals surface area contributed by atoms with E-state index in [-0.39, 0.29) is 34.0 Å². The molecule has 0 unspecified atom stereocenters. The van der Waals surface area contributed by atoms with E-state index in [0.29, 0.717) is 40.4 Å². The highest BCUT2D eigenvalue weighted by Crippen LogP contribution is 2.76. The first-order valence-corrected chi connectivity index (χ1v) is 15.9. The highest BCUT2D eigenvalue weighted by molar-refractivity contribution is 5.75. The third-order valence-corrected chi connectivity index (χ3v) is 13.9. The lowest BCUT2D eigenvalue weighted by Crippen LogP contribution is -2.69. The fourth-order valence-electron chi connectivity index (χ4n) is 12.0. The van der Waals surface area contributed by atoms with Crippen LogP contribution < -0.4 is 10.6 Å².